The van der Waals surface area contributed by atoms with Crippen LogP contribution in [0.15, 0.2) is 36.7 Å². The van der Waals surface area contributed by atoms with E-state index in [0.29, 0.717) is 63.3 Å². The summed E-state index contributed by atoms with van der Waals surface area (Å²) in [5.41, 5.74) is 1.60. The lowest BCUT2D eigenvalue weighted by Gasteiger charge is -2.47. The minimum absolute atomic E-state index is 0.330. The number of nitrogens with zero attached hydrogens (tertiary/aromatic N) is 3. The first-order valence-electron chi connectivity index (χ1n) is 13.3. The normalized spacial score (nSPS) is 16.5. The fourth-order valence-electron chi connectivity index (χ4n) is 4.89. The molecule has 11 heteroatoms. The Morgan fingerprint density at radius 1 is 1.15 bits per heavy atom. The summed E-state index contributed by atoms with van der Waals surface area (Å²) in [5, 5.41) is 6.37. The number of hydrogen-bond donors (Lipinski definition) is 2. The van der Waals surface area contributed by atoms with E-state index in [4.69, 9.17) is 30.5 Å². The summed E-state index contributed by atoms with van der Waals surface area (Å²) in [7, 11) is 1.60. The number of rotatable bonds is 10. The third kappa shape index (κ3) is 6.46. The number of ether oxygens (including phenoxy) is 4. The van der Waals surface area contributed by atoms with Crippen LogP contribution in [0, 0.1) is 5.41 Å². The summed E-state index contributed by atoms with van der Waals surface area (Å²) in [6.45, 7) is 8.05. The van der Waals surface area contributed by atoms with Crippen LogP contribution in [0.5, 0.6) is 23.1 Å². The van der Waals surface area contributed by atoms with E-state index in [0.717, 1.165) is 39.3 Å². The zero-order valence-electron chi connectivity index (χ0n) is 22.3. The highest BCUT2D eigenvalue weighted by atomic mass is 35.5. The second-order valence-electron chi connectivity index (χ2n) is 9.96. The number of halogens is 1. The van der Waals surface area contributed by atoms with Gasteiger partial charge in [0.05, 0.1) is 48.5 Å². The second kappa shape index (κ2) is 12.2. The van der Waals surface area contributed by atoms with Gasteiger partial charge in [-0.15, -0.1) is 0 Å². The fraction of sp³-hybridized carbons (Fsp3) is 0.464. The Balaban J connectivity index is 1.21. The number of aromatic nitrogens is 2. The minimum atomic E-state index is -0.330. The molecule has 2 aromatic carbocycles. The maximum atomic E-state index is 11.8. The first-order valence-corrected chi connectivity index (χ1v) is 13.6. The molecule has 2 fully saturated rings. The van der Waals surface area contributed by atoms with E-state index < -0.39 is 0 Å². The molecule has 1 spiro atoms. The van der Waals surface area contributed by atoms with Gasteiger partial charge in [0.2, 0.25) is 5.88 Å². The maximum Gasteiger partial charge on any atom is 0.319 e. The lowest BCUT2D eigenvalue weighted by atomic mass is 9.77. The van der Waals surface area contributed by atoms with Crippen LogP contribution in [0.25, 0.3) is 10.9 Å². The average molecular weight is 556 g/mol. The predicted molar refractivity (Wildman–Crippen MR) is 149 cm³/mol. The van der Waals surface area contributed by atoms with Gasteiger partial charge in [-0.25, -0.2) is 14.8 Å². The smallest absolute Gasteiger partial charge is 0.319 e. The Kier molecular flexibility index (Phi) is 8.54. The van der Waals surface area contributed by atoms with Gasteiger partial charge in [0.15, 0.2) is 11.5 Å². The van der Waals surface area contributed by atoms with Crippen molar-refractivity contribution in [2.24, 2.45) is 5.41 Å². The van der Waals surface area contributed by atoms with E-state index in [9.17, 15) is 4.79 Å². The Morgan fingerprint density at radius 3 is 2.67 bits per heavy atom. The summed E-state index contributed by atoms with van der Waals surface area (Å²) in [6.07, 6.45) is 4.81. The number of carbonyl (C=O) groups excluding carboxylic acids is 1. The number of amides is 2. The van der Waals surface area contributed by atoms with Gasteiger partial charge in [-0.1, -0.05) is 11.6 Å². The third-order valence-electron chi connectivity index (χ3n) is 7.23. The zero-order chi connectivity index (χ0) is 27.2. The number of benzene rings is 2. The molecule has 1 aromatic heterocycles. The van der Waals surface area contributed by atoms with Gasteiger partial charge in [0.1, 0.15) is 12.1 Å². The van der Waals surface area contributed by atoms with Gasteiger partial charge >= 0.3 is 6.03 Å². The molecule has 2 aliphatic heterocycles. The van der Waals surface area contributed by atoms with Crippen molar-refractivity contribution < 1.29 is 23.7 Å². The molecule has 2 aliphatic rings. The topological polar surface area (TPSA) is 107 Å². The molecule has 0 atom stereocenters. The Morgan fingerprint density at radius 2 is 1.97 bits per heavy atom. The lowest BCUT2D eigenvalue weighted by molar-refractivity contribution is -0.139. The number of urea groups is 1. The molecule has 39 heavy (non-hydrogen) atoms. The maximum absolute atomic E-state index is 11.8. The van der Waals surface area contributed by atoms with Gasteiger partial charge in [-0.2, -0.15) is 0 Å². The number of hydrogen-bond acceptors (Lipinski definition) is 8. The fourth-order valence-corrected chi connectivity index (χ4v) is 5.11. The largest absolute Gasteiger partial charge is 0.493 e. The molecular weight excluding hydrogens is 522 g/mol. The van der Waals surface area contributed by atoms with Gasteiger partial charge in [0, 0.05) is 30.6 Å². The van der Waals surface area contributed by atoms with Crippen molar-refractivity contribution in [1.29, 1.82) is 0 Å². The Hall–Kier alpha value is -3.34. The number of carbonyl (C=O) groups is 1. The number of likely N-dealkylation sites (tertiary alicyclic amines) is 1. The molecule has 2 saturated heterocycles. The number of anilines is 1. The van der Waals surface area contributed by atoms with Crippen molar-refractivity contribution >= 4 is 34.2 Å². The monoisotopic (exact) mass is 555 g/mol. The zero-order valence-corrected chi connectivity index (χ0v) is 23.1. The molecule has 5 rings (SSSR count). The van der Waals surface area contributed by atoms with Gasteiger partial charge in [-0.3, -0.25) is 0 Å². The first-order chi connectivity index (χ1) is 19.0. The predicted octanol–water partition coefficient (Wildman–Crippen LogP) is 5.11. The van der Waals surface area contributed by atoms with Crippen molar-refractivity contribution in [3.63, 3.8) is 0 Å². The van der Waals surface area contributed by atoms with Crippen LogP contribution in [0.4, 0.5) is 10.5 Å². The van der Waals surface area contributed by atoms with Crippen LogP contribution in [-0.4, -0.2) is 74.0 Å². The molecular formula is C28H34ClN5O5. The number of nitrogens with one attached hydrogen (secondary N) is 2. The summed E-state index contributed by atoms with van der Waals surface area (Å²) in [4.78, 5) is 23.0. The van der Waals surface area contributed by atoms with E-state index in [1.54, 1.807) is 25.3 Å². The van der Waals surface area contributed by atoms with Crippen LogP contribution in [-0.2, 0) is 4.74 Å². The molecule has 2 amide bonds. The summed E-state index contributed by atoms with van der Waals surface area (Å²) in [5.74, 6) is 2.02. The highest BCUT2D eigenvalue weighted by Crippen LogP contribution is 2.39. The van der Waals surface area contributed by atoms with Crippen LogP contribution in [0.3, 0.4) is 0 Å². The van der Waals surface area contributed by atoms with Crippen molar-refractivity contribution in [3.8, 4) is 23.1 Å². The van der Waals surface area contributed by atoms with Crippen molar-refractivity contribution in [1.82, 2.24) is 20.2 Å². The van der Waals surface area contributed by atoms with E-state index in [2.05, 4.69) is 25.5 Å². The minimum Gasteiger partial charge on any atom is -0.493 e. The molecule has 0 radical (unpaired) electrons. The van der Waals surface area contributed by atoms with E-state index in [-0.39, 0.29) is 6.03 Å². The summed E-state index contributed by atoms with van der Waals surface area (Å²) in [6, 6.07) is 8.33. The van der Waals surface area contributed by atoms with E-state index >= 15 is 0 Å². The van der Waals surface area contributed by atoms with Crippen molar-refractivity contribution in [3.05, 3.63) is 41.7 Å². The van der Waals surface area contributed by atoms with Gasteiger partial charge in [0.25, 0.3) is 0 Å². The van der Waals surface area contributed by atoms with Crippen LogP contribution >= 0.6 is 11.6 Å². The van der Waals surface area contributed by atoms with Crippen LogP contribution in [0.1, 0.15) is 26.2 Å². The molecule has 0 aliphatic carbocycles. The van der Waals surface area contributed by atoms with Crippen molar-refractivity contribution in [2.45, 2.75) is 26.2 Å². The van der Waals surface area contributed by atoms with Gasteiger partial charge < -0.3 is 34.5 Å². The number of piperidine rings is 1. The molecule has 3 heterocycles. The van der Waals surface area contributed by atoms with Crippen LogP contribution < -0.4 is 24.8 Å². The molecule has 0 unspecified atom stereocenters. The van der Waals surface area contributed by atoms with Crippen molar-refractivity contribution in [2.75, 3.05) is 58.4 Å². The first kappa shape index (κ1) is 27.2. The molecule has 0 saturated carbocycles. The molecule has 0 bridgehead atoms. The Bertz CT molecular complexity index is 1310. The standard InChI is InChI=1S/C28H34ClN5O5/c1-3-30-27(35)33-22-6-5-19(13-21(22)29)39-26-20-14-24(36-2)25(15-23(20)31-18-32-26)38-12-4-9-34-10-7-28(8-11-34)16-37-17-28/h5-6,13-15,18H,3-4,7-12,16-17H2,1-2H3,(H2,30,33,35). The van der Waals surface area contributed by atoms with Gasteiger partial charge in [-0.05, 0) is 57.5 Å². The SMILES string of the molecule is CCNC(=O)Nc1ccc(Oc2ncnc3cc(OCCCN4CCC5(CC4)COC5)c(OC)cc23)cc1Cl. The average Bonchev–Trinajstić information content (AvgIpc) is 2.92. The van der Waals surface area contributed by atoms with E-state index in [1.807, 2.05) is 19.1 Å². The molecule has 10 nitrogen and oxygen atoms in total. The summed E-state index contributed by atoms with van der Waals surface area (Å²) >= 11 is 6.36. The molecule has 208 valence electrons. The molecule has 3 aromatic rings. The third-order valence-corrected chi connectivity index (χ3v) is 7.55. The van der Waals surface area contributed by atoms with E-state index in [1.165, 1.54) is 19.2 Å². The van der Waals surface area contributed by atoms with Crippen LogP contribution in [0.2, 0.25) is 5.02 Å². The second-order valence-corrected chi connectivity index (χ2v) is 10.4. The highest BCUT2D eigenvalue weighted by Gasteiger charge is 2.40. The summed E-state index contributed by atoms with van der Waals surface area (Å²) < 4.78 is 23.2. The lowest BCUT2D eigenvalue weighted by Crippen LogP contribution is -2.51. The Labute approximate surface area is 232 Å². The number of fused-ring (bicyclic) bond motifs is 1. The number of methoxy groups -OCH3 is 1. The molecule has 2 N–H and O–H groups in total. The highest BCUT2D eigenvalue weighted by molar-refractivity contribution is 6.33. The quantitative estimate of drug-likeness (QED) is 0.332.